The number of carboxylic acids is 1. The first kappa shape index (κ1) is 14.0. The van der Waals surface area contributed by atoms with E-state index in [-0.39, 0.29) is 12.5 Å². The Morgan fingerprint density at radius 3 is 2.95 bits per heavy atom. The Morgan fingerprint density at radius 2 is 2.30 bits per heavy atom. The Labute approximate surface area is 115 Å². The van der Waals surface area contributed by atoms with Gasteiger partial charge in [-0.2, -0.15) is 0 Å². The van der Waals surface area contributed by atoms with Crippen molar-refractivity contribution in [3.05, 3.63) is 29.6 Å². The van der Waals surface area contributed by atoms with Crippen LogP contribution in [0.5, 0.6) is 0 Å². The lowest BCUT2D eigenvalue weighted by Crippen LogP contribution is -2.57. The molecule has 0 radical (unpaired) electrons. The number of nitrogens with zero attached hydrogens (tertiary/aromatic N) is 2. The molecule has 2 heterocycles. The molecule has 1 fully saturated rings. The van der Waals surface area contributed by atoms with E-state index in [9.17, 15) is 14.4 Å². The summed E-state index contributed by atoms with van der Waals surface area (Å²) in [6.45, 7) is 2.31. The zero-order valence-electron chi connectivity index (χ0n) is 11.0. The maximum absolute atomic E-state index is 12.5. The highest BCUT2D eigenvalue weighted by molar-refractivity contribution is 5.99. The number of aliphatic carboxylic acids is 1. The quantitative estimate of drug-likeness (QED) is 0.797. The zero-order valence-corrected chi connectivity index (χ0v) is 11.0. The molecule has 7 nitrogen and oxygen atoms in total. The second-order valence-corrected chi connectivity index (χ2v) is 4.54. The minimum atomic E-state index is -1.12. The first-order valence-electron chi connectivity index (χ1n) is 6.23. The van der Waals surface area contributed by atoms with Gasteiger partial charge in [-0.3, -0.25) is 19.4 Å². The summed E-state index contributed by atoms with van der Waals surface area (Å²) in [6, 6.07) is 2.28. The van der Waals surface area contributed by atoms with Crippen LogP contribution >= 0.6 is 0 Å². The molecule has 106 valence electrons. The van der Waals surface area contributed by atoms with Crippen LogP contribution in [-0.2, 0) is 9.59 Å². The molecule has 1 saturated heterocycles. The highest BCUT2D eigenvalue weighted by atomic mass is 16.4. The number of aryl methyl sites for hydroxylation is 1. The molecule has 1 aliphatic heterocycles. The first-order valence-corrected chi connectivity index (χ1v) is 6.23. The molecule has 1 unspecified atom stereocenters. The van der Waals surface area contributed by atoms with Crippen LogP contribution < -0.4 is 5.32 Å². The van der Waals surface area contributed by atoms with Gasteiger partial charge in [-0.05, 0) is 19.1 Å². The van der Waals surface area contributed by atoms with Crippen LogP contribution in [0.1, 0.15) is 22.5 Å². The van der Waals surface area contributed by atoms with Gasteiger partial charge in [0, 0.05) is 25.0 Å². The summed E-state index contributed by atoms with van der Waals surface area (Å²) in [5.41, 5.74) is 0.940. The first-order chi connectivity index (χ1) is 9.50. The number of amides is 2. The summed E-state index contributed by atoms with van der Waals surface area (Å²) >= 11 is 0. The van der Waals surface area contributed by atoms with E-state index in [0.29, 0.717) is 17.8 Å². The van der Waals surface area contributed by atoms with Crippen LogP contribution in [-0.4, -0.2) is 51.9 Å². The molecule has 0 saturated carbocycles. The number of hydrogen-bond donors (Lipinski definition) is 2. The second-order valence-electron chi connectivity index (χ2n) is 4.54. The van der Waals surface area contributed by atoms with Crippen LogP contribution in [0, 0.1) is 6.92 Å². The summed E-state index contributed by atoms with van der Waals surface area (Å²) in [5, 5.41) is 11.5. The van der Waals surface area contributed by atoms with E-state index in [1.807, 2.05) is 0 Å². The molecular weight excluding hydrogens is 262 g/mol. The van der Waals surface area contributed by atoms with E-state index < -0.39 is 24.3 Å². The summed E-state index contributed by atoms with van der Waals surface area (Å²) in [6.07, 6.45) is 1.17. The van der Waals surface area contributed by atoms with Crippen molar-refractivity contribution in [3.63, 3.8) is 0 Å². The van der Waals surface area contributed by atoms with Crippen LogP contribution in [0.15, 0.2) is 18.3 Å². The molecule has 7 heteroatoms. The molecule has 0 aliphatic carbocycles. The maximum Gasteiger partial charge on any atom is 0.305 e. The average Bonchev–Trinajstić information content (AvgIpc) is 2.40. The summed E-state index contributed by atoms with van der Waals surface area (Å²) in [5.74, 6) is -1.92. The van der Waals surface area contributed by atoms with Gasteiger partial charge in [0.1, 0.15) is 6.04 Å². The number of piperazine rings is 1. The third-order valence-corrected chi connectivity index (χ3v) is 3.20. The van der Waals surface area contributed by atoms with Gasteiger partial charge in [0.2, 0.25) is 5.91 Å². The third-order valence-electron chi connectivity index (χ3n) is 3.20. The number of aromatic nitrogens is 1. The predicted molar refractivity (Wildman–Crippen MR) is 69.1 cm³/mol. The molecule has 0 spiro atoms. The van der Waals surface area contributed by atoms with E-state index in [2.05, 4.69) is 10.3 Å². The molecule has 0 bridgehead atoms. The van der Waals surface area contributed by atoms with E-state index in [4.69, 9.17) is 5.11 Å². The van der Waals surface area contributed by atoms with Gasteiger partial charge in [0.05, 0.1) is 12.0 Å². The summed E-state index contributed by atoms with van der Waals surface area (Å²) < 4.78 is 0. The smallest absolute Gasteiger partial charge is 0.305 e. The minimum Gasteiger partial charge on any atom is -0.481 e. The molecule has 20 heavy (non-hydrogen) atoms. The van der Waals surface area contributed by atoms with Gasteiger partial charge in [-0.15, -0.1) is 0 Å². The van der Waals surface area contributed by atoms with Crippen molar-refractivity contribution in [1.82, 2.24) is 15.2 Å². The Kier molecular flexibility index (Phi) is 3.97. The topological polar surface area (TPSA) is 99.6 Å². The monoisotopic (exact) mass is 277 g/mol. The van der Waals surface area contributed by atoms with Crippen LogP contribution in [0.25, 0.3) is 0 Å². The van der Waals surface area contributed by atoms with E-state index >= 15 is 0 Å². The highest BCUT2D eigenvalue weighted by Crippen LogP contribution is 2.15. The molecule has 1 atom stereocenters. The van der Waals surface area contributed by atoms with Gasteiger partial charge in [-0.25, -0.2) is 0 Å². The second kappa shape index (κ2) is 5.68. The predicted octanol–water partition coefficient (Wildman–Crippen LogP) is -0.195. The Bertz CT molecular complexity index is 558. The van der Waals surface area contributed by atoms with Gasteiger partial charge in [0.15, 0.2) is 0 Å². The number of pyridine rings is 1. The standard InChI is InChI=1S/C13H15N3O4/c1-8-9(3-2-4-14-8)13(20)16-6-5-15-12(19)10(16)7-11(17)18/h2-4,10H,5-7H2,1H3,(H,15,19)(H,17,18). The van der Waals surface area contributed by atoms with E-state index in [1.165, 1.54) is 4.90 Å². The van der Waals surface area contributed by atoms with Crippen molar-refractivity contribution in [2.45, 2.75) is 19.4 Å². The van der Waals surface area contributed by atoms with Crippen molar-refractivity contribution in [2.75, 3.05) is 13.1 Å². The summed E-state index contributed by atoms with van der Waals surface area (Å²) in [4.78, 5) is 40.4. The number of rotatable bonds is 3. The number of carbonyl (C=O) groups excluding carboxylic acids is 2. The van der Waals surface area contributed by atoms with Gasteiger partial charge in [0.25, 0.3) is 5.91 Å². The zero-order chi connectivity index (χ0) is 14.7. The molecular formula is C13H15N3O4. The van der Waals surface area contributed by atoms with Crippen LogP contribution in [0.4, 0.5) is 0 Å². The third kappa shape index (κ3) is 2.76. The van der Waals surface area contributed by atoms with E-state index in [0.717, 1.165) is 0 Å². The van der Waals surface area contributed by atoms with Gasteiger partial charge in [-0.1, -0.05) is 0 Å². The molecule has 0 aromatic carbocycles. The van der Waals surface area contributed by atoms with Crippen molar-refractivity contribution in [3.8, 4) is 0 Å². The van der Waals surface area contributed by atoms with Crippen molar-refractivity contribution in [2.24, 2.45) is 0 Å². The molecule has 2 amide bonds. The fraction of sp³-hybridized carbons (Fsp3) is 0.385. The lowest BCUT2D eigenvalue weighted by molar-refractivity contribution is -0.142. The van der Waals surface area contributed by atoms with Gasteiger partial charge < -0.3 is 15.3 Å². The molecule has 2 rings (SSSR count). The SMILES string of the molecule is Cc1ncccc1C(=O)N1CCNC(=O)C1CC(=O)O. The Morgan fingerprint density at radius 1 is 1.55 bits per heavy atom. The molecule has 1 aromatic heterocycles. The Balaban J connectivity index is 2.28. The summed E-state index contributed by atoms with van der Waals surface area (Å²) in [7, 11) is 0. The van der Waals surface area contributed by atoms with E-state index in [1.54, 1.807) is 25.3 Å². The number of hydrogen-bond acceptors (Lipinski definition) is 4. The van der Waals surface area contributed by atoms with Crippen molar-refractivity contribution >= 4 is 17.8 Å². The lowest BCUT2D eigenvalue weighted by atomic mass is 10.1. The van der Waals surface area contributed by atoms with Crippen LogP contribution in [0.2, 0.25) is 0 Å². The molecule has 1 aliphatic rings. The van der Waals surface area contributed by atoms with Crippen molar-refractivity contribution in [1.29, 1.82) is 0 Å². The maximum atomic E-state index is 12.5. The highest BCUT2D eigenvalue weighted by Gasteiger charge is 2.35. The largest absolute Gasteiger partial charge is 0.481 e. The lowest BCUT2D eigenvalue weighted by Gasteiger charge is -2.34. The average molecular weight is 277 g/mol. The molecule has 2 N–H and O–H groups in total. The number of nitrogens with one attached hydrogen (secondary N) is 1. The fourth-order valence-electron chi connectivity index (χ4n) is 2.19. The van der Waals surface area contributed by atoms with Gasteiger partial charge >= 0.3 is 5.97 Å². The minimum absolute atomic E-state index is 0.289. The van der Waals surface area contributed by atoms with Crippen molar-refractivity contribution < 1.29 is 19.5 Å². The normalized spacial score (nSPS) is 18.6. The Hall–Kier alpha value is -2.44. The molecule has 1 aromatic rings. The number of carboxylic acid groups (broad SMARTS) is 1. The fourth-order valence-corrected chi connectivity index (χ4v) is 2.19. The number of carbonyl (C=O) groups is 3. The van der Waals surface area contributed by atoms with Crippen LogP contribution in [0.3, 0.4) is 0 Å².